The van der Waals surface area contributed by atoms with Crippen LogP contribution < -0.4 is 14.8 Å². The van der Waals surface area contributed by atoms with Crippen molar-refractivity contribution < 1.29 is 17.9 Å². The van der Waals surface area contributed by atoms with Gasteiger partial charge in [0.05, 0.1) is 16.1 Å². The predicted octanol–water partition coefficient (Wildman–Crippen LogP) is 4.12. The van der Waals surface area contributed by atoms with Crippen molar-refractivity contribution in [3.63, 3.8) is 0 Å². The van der Waals surface area contributed by atoms with Crippen molar-refractivity contribution in [2.45, 2.75) is 63.5 Å². The molecule has 0 spiro atoms. The molecule has 29 heavy (non-hydrogen) atoms. The second-order valence-corrected chi connectivity index (χ2v) is 9.75. The van der Waals surface area contributed by atoms with E-state index < -0.39 is 10.0 Å². The molecule has 6 nitrogen and oxygen atoms in total. The maximum absolute atomic E-state index is 13.0. The van der Waals surface area contributed by atoms with Crippen LogP contribution in [0.2, 0.25) is 0 Å². The number of para-hydroxylation sites is 1. The average molecular weight is 417 g/mol. The SMILES string of the molecule is CCC(C)NC(=O)c1ccccc1NS(=O)(=O)c1ccc2c(c1)CCC(C)(C)O2. The summed E-state index contributed by atoms with van der Waals surface area (Å²) in [6.45, 7) is 7.91. The zero-order valence-corrected chi connectivity index (χ0v) is 18.1. The van der Waals surface area contributed by atoms with E-state index in [0.717, 1.165) is 24.8 Å². The zero-order valence-electron chi connectivity index (χ0n) is 17.3. The lowest BCUT2D eigenvalue weighted by atomic mass is 9.94. The highest BCUT2D eigenvalue weighted by molar-refractivity contribution is 7.92. The number of aryl methyl sites for hydroxylation is 1. The Bertz CT molecular complexity index is 1020. The van der Waals surface area contributed by atoms with Gasteiger partial charge in [-0.15, -0.1) is 0 Å². The van der Waals surface area contributed by atoms with Crippen LogP contribution in [-0.2, 0) is 16.4 Å². The smallest absolute Gasteiger partial charge is 0.261 e. The van der Waals surface area contributed by atoms with Crippen molar-refractivity contribution in [2.24, 2.45) is 0 Å². The molecule has 156 valence electrons. The molecule has 0 saturated carbocycles. The van der Waals surface area contributed by atoms with Gasteiger partial charge in [-0.05, 0) is 75.9 Å². The lowest BCUT2D eigenvalue weighted by molar-refractivity contribution is 0.0845. The van der Waals surface area contributed by atoms with Crippen LogP contribution in [0, 0.1) is 0 Å². The van der Waals surface area contributed by atoms with E-state index >= 15 is 0 Å². The Hall–Kier alpha value is -2.54. The van der Waals surface area contributed by atoms with E-state index in [1.54, 1.807) is 36.4 Å². The number of carbonyl (C=O) groups is 1. The van der Waals surface area contributed by atoms with Gasteiger partial charge >= 0.3 is 0 Å². The first-order chi connectivity index (χ1) is 13.6. The Morgan fingerprint density at radius 1 is 1.21 bits per heavy atom. The molecule has 2 aromatic rings. The number of carbonyl (C=O) groups excluding carboxylic acids is 1. The van der Waals surface area contributed by atoms with Crippen LogP contribution in [-0.4, -0.2) is 26.0 Å². The highest BCUT2D eigenvalue weighted by Crippen LogP contribution is 2.34. The van der Waals surface area contributed by atoms with Gasteiger partial charge < -0.3 is 10.1 Å². The molecule has 2 N–H and O–H groups in total. The number of rotatable bonds is 6. The molecule has 0 aliphatic carbocycles. The van der Waals surface area contributed by atoms with Gasteiger partial charge in [0.15, 0.2) is 0 Å². The van der Waals surface area contributed by atoms with Crippen LogP contribution in [0.1, 0.15) is 56.5 Å². The third-order valence-corrected chi connectivity index (χ3v) is 6.49. The molecule has 1 heterocycles. The van der Waals surface area contributed by atoms with Gasteiger partial charge in [-0.25, -0.2) is 8.42 Å². The molecule has 1 amide bonds. The van der Waals surface area contributed by atoms with Crippen molar-refractivity contribution in [3.8, 4) is 5.75 Å². The fourth-order valence-corrected chi connectivity index (χ4v) is 4.31. The van der Waals surface area contributed by atoms with E-state index in [0.29, 0.717) is 11.3 Å². The molecule has 1 aliphatic rings. The minimum absolute atomic E-state index is 0.00272. The lowest BCUT2D eigenvalue weighted by Gasteiger charge is -2.32. The van der Waals surface area contributed by atoms with Gasteiger partial charge in [0.25, 0.3) is 15.9 Å². The van der Waals surface area contributed by atoms with Gasteiger partial charge in [0.2, 0.25) is 0 Å². The van der Waals surface area contributed by atoms with Crippen LogP contribution in [0.15, 0.2) is 47.4 Å². The van der Waals surface area contributed by atoms with E-state index in [2.05, 4.69) is 10.0 Å². The summed E-state index contributed by atoms with van der Waals surface area (Å²) in [7, 11) is -3.85. The molecular formula is C22H28N2O4S. The van der Waals surface area contributed by atoms with E-state index in [-0.39, 0.29) is 28.1 Å². The monoisotopic (exact) mass is 416 g/mol. The molecule has 0 radical (unpaired) electrons. The van der Waals surface area contributed by atoms with Crippen molar-refractivity contribution in [1.29, 1.82) is 0 Å². The number of hydrogen-bond acceptors (Lipinski definition) is 4. The minimum Gasteiger partial charge on any atom is -0.488 e. The van der Waals surface area contributed by atoms with Crippen LogP contribution >= 0.6 is 0 Å². The summed E-state index contributed by atoms with van der Waals surface area (Å²) in [4.78, 5) is 12.7. The second-order valence-electron chi connectivity index (χ2n) is 8.07. The first kappa shape index (κ1) is 21.2. The molecule has 0 aromatic heterocycles. The van der Waals surface area contributed by atoms with Crippen LogP contribution in [0.5, 0.6) is 5.75 Å². The highest BCUT2D eigenvalue weighted by Gasteiger charge is 2.28. The standard InChI is InChI=1S/C22H28N2O4S/c1-5-15(2)23-21(25)18-8-6-7-9-19(18)24-29(26,27)17-10-11-20-16(14-17)12-13-22(3,4)28-20/h6-11,14-15,24H,5,12-13H2,1-4H3,(H,23,25). The lowest BCUT2D eigenvalue weighted by Crippen LogP contribution is -2.33. The van der Waals surface area contributed by atoms with Crippen molar-refractivity contribution in [1.82, 2.24) is 5.32 Å². The van der Waals surface area contributed by atoms with Gasteiger partial charge in [-0.1, -0.05) is 19.1 Å². The molecule has 3 rings (SSSR count). The largest absolute Gasteiger partial charge is 0.488 e. The summed E-state index contributed by atoms with van der Waals surface area (Å²) in [5.41, 5.74) is 1.16. The average Bonchev–Trinajstić information content (AvgIpc) is 2.66. The maximum atomic E-state index is 13.0. The summed E-state index contributed by atoms with van der Waals surface area (Å²) < 4.78 is 34.5. The van der Waals surface area contributed by atoms with Gasteiger partial charge in [0.1, 0.15) is 11.4 Å². The van der Waals surface area contributed by atoms with Crippen molar-refractivity contribution in [3.05, 3.63) is 53.6 Å². The van der Waals surface area contributed by atoms with Crippen LogP contribution in [0.25, 0.3) is 0 Å². The van der Waals surface area contributed by atoms with E-state index in [4.69, 9.17) is 4.74 Å². The zero-order chi connectivity index (χ0) is 21.2. The molecule has 1 unspecified atom stereocenters. The molecule has 0 bridgehead atoms. The third kappa shape index (κ3) is 4.90. The number of hydrogen-bond donors (Lipinski definition) is 2. The number of benzene rings is 2. The Morgan fingerprint density at radius 3 is 2.66 bits per heavy atom. The number of nitrogens with one attached hydrogen (secondary N) is 2. The van der Waals surface area contributed by atoms with Gasteiger partial charge in [0, 0.05) is 6.04 Å². The fourth-order valence-electron chi connectivity index (χ4n) is 3.18. The highest BCUT2D eigenvalue weighted by atomic mass is 32.2. The fraction of sp³-hybridized carbons (Fsp3) is 0.409. The molecular weight excluding hydrogens is 388 g/mol. The normalized spacial score (nSPS) is 16.3. The number of ether oxygens (including phenoxy) is 1. The Labute approximate surface area is 172 Å². The Morgan fingerprint density at radius 2 is 1.93 bits per heavy atom. The summed E-state index contributed by atoms with van der Waals surface area (Å²) >= 11 is 0. The quantitative estimate of drug-likeness (QED) is 0.742. The first-order valence-electron chi connectivity index (χ1n) is 9.86. The number of anilines is 1. The topological polar surface area (TPSA) is 84.5 Å². The van der Waals surface area contributed by atoms with Crippen molar-refractivity contribution >= 4 is 21.6 Å². The second kappa shape index (κ2) is 8.06. The predicted molar refractivity (Wildman–Crippen MR) is 114 cm³/mol. The molecule has 1 atom stereocenters. The van der Waals surface area contributed by atoms with E-state index in [1.165, 1.54) is 6.07 Å². The molecule has 0 saturated heterocycles. The van der Waals surface area contributed by atoms with E-state index in [1.807, 2.05) is 27.7 Å². The Kier molecular flexibility index (Phi) is 5.89. The molecule has 7 heteroatoms. The molecule has 1 aliphatic heterocycles. The molecule has 2 aromatic carbocycles. The summed E-state index contributed by atoms with van der Waals surface area (Å²) in [6.07, 6.45) is 2.35. The van der Waals surface area contributed by atoms with Crippen molar-refractivity contribution in [2.75, 3.05) is 4.72 Å². The Balaban J connectivity index is 1.87. The minimum atomic E-state index is -3.85. The van der Waals surface area contributed by atoms with E-state index in [9.17, 15) is 13.2 Å². The van der Waals surface area contributed by atoms with Crippen LogP contribution in [0.3, 0.4) is 0 Å². The summed E-state index contributed by atoms with van der Waals surface area (Å²) in [6, 6.07) is 11.5. The maximum Gasteiger partial charge on any atom is 0.261 e. The van der Waals surface area contributed by atoms with Gasteiger partial charge in [-0.2, -0.15) is 0 Å². The number of fused-ring (bicyclic) bond motifs is 1. The number of sulfonamides is 1. The first-order valence-corrected chi connectivity index (χ1v) is 11.3. The number of amides is 1. The summed E-state index contributed by atoms with van der Waals surface area (Å²) in [5, 5.41) is 2.87. The van der Waals surface area contributed by atoms with Crippen LogP contribution in [0.4, 0.5) is 5.69 Å². The summed E-state index contributed by atoms with van der Waals surface area (Å²) in [5.74, 6) is 0.409. The third-order valence-electron chi connectivity index (χ3n) is 5.13. The van der Waals surface area contributed by atoms with Gasteiger partial charge in [-0.3, -0.25) is 9.52 Å². The molecule has 0 fully saturated rings.